The lowest BCUT2D eigenvalue weighted by molar-refractivity contribution is 0.589. The number of rotatable bonds is 4. The Morgan fingerprint density at radius 1 is 1.39 bits per heavy atom. The first-order valence-electron chi connectivity index (χ1n) is 5.95. The average molecular weight is 264 g/mol. The van der Waals surface area contributed by atoms with E-state index >= 15 is 0 Å². The van der Waals surface area contributed by atoms with E-state index in [1.54, 1.807) is 23.5 Å². The topological polar surface area (TPSA) is 24.9 Å². The summed E-state index contributed by atoms with van der Waals surface area (Å²) in [5.41, 5.74) is 2.06. The number of nitrogens with one attached hydrogen (secondary N) is 1. The fourth-order valence-electron chi connectivity index (χ4n) is 2.10. The maximum absolute atomic E-state index is 13.2. The summed E-state index contributed by atoms with van der Waals surface area (Å²) in [7, 11) is 1.93. The number of nitrogens with zero attached hydrogens (tertiary/aromatic N) is 1. The Morgan fingerprint density at radius 2 is 2.17 bits per heavy atom. The molecule has 18 heavy (non-hydrogen) atoms. The first-order valence-corrected chi connectivity index (χ1v) is 6.77. The summed E-state index contributed by atoms with van der Waals surface area (Å²) in [6.07, 6.45) is 0.775. The number of aryl methyl sites for hydroxylation is 2. The minimum absolute atomic E-state index is 0.181. The molecule has 96 valence electrons. The molecule has 0 aliphatic heterocycles. The van der Waals surface area contributed by atoms with Gasteiger partial charge in [-0.3, -0.25) is 0 Å². The highest BCUT2D eigenvalue weighted by atomic mass is 32.1. The van der Waals surface area contributed by atoms with Crippen LogP contribution in [-0.2, 0) is 6.42 Å². The number of aromatic nitrogens is 1. The molecule has 0 bridgehead atoms. The van der Waals surface area contributed by atoms with Gasteiger partial charge < -0.3 is 5.32 Å². The molecule has 0 radical (unpaired) electrons. The summed E-state index contributed by atoms with van der Waals surface area (Å²) >= 11 is 1.70. The third-order valence-electron chi connectivity index (χ3n) is 2.93. The van der Waals surface area contributed by atoms with E-state index in [1.165, 1.54) is 10.9 Å². The molecule has 1 aromatic carbocycles. The van der Waals surface area contributed by atoms with Crippen LogP contribution in [-0.4, -0.2) is 12.0 Å². The van der Waals surface area contributed by atoms with Gasteiger partial charge in [-0.1, -0.05) is 12.1 Å². The highest BCUT2D eigenvalue weighted by molar-refractivity contribution is 7.11. The van der Waals surface area contributed by atoms with Gasteiger partial charge in [-0.25, -0.2) is 9.37 Å². The zero-order valence-corrected chi connectivity index (χ0v) is 11.6. The van der Waals surface area contributed by atoms with E-state index in [-0.39, 0.29) is 11.9 Å². The first kappa shape index (κ1) is 13.2. The highest BCUT2D eigenvalue weighted by Crippen LogP contribution is 2.27. The van der Waals surface area contributed by atoms with Crippen LogP contribution in [0.4, 0.5) is 4.39 Å². The van der Waals surface area contributed by atoms with Gasteiger partial charge in [0.1, 0.15) is 5.82 Å². The smallest absolute Gasteiger partial charge is 0.123 e. The molecular weight excluding hydrogens is 247 g/mol. The molecule has 0 saturated carbocycles. The van der Waals surface area contributed by atoms with Crippen LogP contribution in [0.15, 0.2) is 24.3 Å². The fraction of sp³-hybridized carbons (Fsp3) is 0.357. The van der Waals surface area contributed by atoms with Crippen molar-refractivity contribution in [2.45, 2.75) is 26.3 Å². The van der Waals surface area contributed by atoms with Crippen LogP contribution in [0.2, 0.25) is 0 Å². The van der Waals surface area contributed by atoms with Gasteiger partial charge in [-0.05, 0) is 45.0 Å². The Balaban J connectivity index is 2.22. The van der Waals surface area contributed by atoms with Crippen molar-refractivity contribution in [2.75, 3.05) is 7.05 Å². The molecule has 1 aromatic heterocycles. The summed E-state index contributed by atoms with van der Waals surface area (Å²) in [4.78, 5) is 5.68. The summed E-state index contributed by atoms with van der Waals surface area (Å²) in [5, 5.41) is 4.36. The minimum atomic E-state index is -0.181. The van der Waals surface area contributed by atoms with Crippen molar-refractivity contribution in [3.05, 3.63) is 51.2 Å². The van der Waals surface area contributed by atoms with Gasteiger partial charge in [0.15, 0.2) is 0 Å². The normalized spacial score (nSPS) is 12.7. The Bertz CT molecular complexity index is 536. The van der Waals surface area contributed by atoms with Gasteiger partial charge in [-0.2, -0.15) is 0 Å². The second-order valence-corrected chi connectivity index (χ2v) is 5.59. The van der Waals surface area contributed by atoms with Crippen molar-refractivity contribution < 1.29 is 4.39 Å². The second-order valence-electron chi connectivity index (χ2n) is 4.36. The van der Waals surface area contributed by atoms with Crippen molar-refractivity contribution in [1.82, 2.24) is 10.3 Å². The standard InChI is InChI=1S/C14H17FN2S/c1-9-14(18-10(2)17-9)13(16-3)8-11-5-4-6-12(15)7-11/h4-7,13,16H,8H2,1-3H3. The monoisotopic (exact) mass is 264 g/mol. The second kappa shape index (κ2) is 5.59. The highest BCUT2D eigenvalue weighted by Gasteiger charge is 2.16. The van der Waals surface area contributed by atoms with Gasteiger partial charge in [0, 0.05) is 10.9 Å². The third-order valence-corrected chi connectivity index (χ3v) is 4.12. The Hall–Kier alpha value is -1.26. The Morgan fingerprint density at radius 3 is 2.72 bits per heavy atom. The van der Waals surface area contributed by atoms with Crippen LogP contribution in [0, 0.1) is 19.7 Å². The lowest BCUT2D eigenvalue weighted by Gasteiger charge is -2.15. The molecule has 2 nitrogen and oxygen atoms in total. The maximum Gasteiger partial charge on any atom is 0.123 e. The summed E-state index contributed by atoms with van der Waals surface area (Å²) in [6, 6.07) is 6.96. The van der Waals surface area contributed by atoms with Gasteiger partial charge in [-0.15, -0.1) is 11.3 Å². The SMILES string of the molecule is CNC(Cc1cccc(F)c1)c1sc(C)nc1C. The summed E-state index contributed by atoms with van der Waals surface area (Å²) < 4.78 is 13.2. The lowest BCUT2D eigenvalue weighted by Crippen LogP contribution is -2.18. The van der Waals surface area contributed by atoms with Crippen LogP contribution >= 0.6 is 11.3 Å². The van der Waals surface area contributed by atoms with Gasteiger partial charge in [0.05, 0.1) is 10.7 Å². The van der Waals surface area contributed by atoms with E-state index in [1.807, 2.05) is 27.0 Å². The molecule has 0 aliphatic rings. The van der Waals surface area contributed by atoms with Crippen molar-refractivity contribution in [2.24, 2.45) is 0 Å². The molecule has 0 spiro atoms. The number of benzene rings is 1. The Kier molecular flexibility index (Phi) is 4.09. The summed E-state index contributed by atoms with van der Waals surface area (Å²) in [6.45, 7) is 4.03. The van der Waals surface area contributed by atoms with E-state index in [0.29, 0.717) is 0 Å². The molecule has 0 amide bonds. The largest absolute Gasteiger partial charge is 0.312 e. The van der Waals surface area contributed by atoms with Gasteiger partial charge in [0.2, 0.25) is 0 Å². The molecule has 0 fully saturated rings. The average Bonchev–Trinajstić information content (AvgIpc) is 2.65. The number of hydrogen-bond donors (Lipinski definition) is 1. The van der Waals surface area contributed by atoms with E-state index in [9.17, 15) is 4.39 Å². The summed E-state index contributed by atoms with van der Waals surface area (Å²) in [5.74, 6) is -0.181. The van der Waals surface area contributed by atoms with Crippen LogP contribution in [0.5, 0.6) is 0 Å². The molecule has 2 rings (SSSR count). The molecule has 2 aromatic rings. The predicted molar refractivity (Wildman–Crippen MR) is 73.5 cm³/mol. The maximum atomic E-state index is 13.2. The van der Waals surface area contributed by atoms with Crippen molar-refractivity contribution in [1.29, 1.82) is 0 Å². The van der Waals surface area contributed by atoms with Crippen LogP contribution < -0.4 is 5.32 Å². The zero-order chi connectivity index (χ0) is 13.1. The van der Waals surface area contributed by atoms with Gasteiger partial charge in [0.25, 0.3) is 0 Å². The third kappa shape index (κ3) is 2.94. The molecular formula is C14H17FN2S. The van der Waals surface area contributed by atoms with E-state index in [2.05, 4.69) is 10.3 Å². The van der Waals surface area contributed by atoms with Crippen molar-refractivity contribution in [3.8, 4) is 0 Å². The van der Waals surface area contributed by atoms with E-state index in [4.69, 9.17) is 0 Å². The molecule has 1 heterocycles. The lowest BCUT2D eigenvalue weighted by atomic mass is 10.0. The van der Waals surface area contributed by atoms with E-state index < -0.39 is 0 Å². The first-order chi connectivity index (χ1) is 8.60. The molecule has 1 atom stereocenters. The quantitative estimate of drug-likeness (QED) is 0.915. The van der Waals surface area contributed by atoms with Crippen LogP contribution in [0.25, 0.3) is 0 Å². The predicted octanol–water partition coefficient (Wildman–Crippen LogP) is 3.40. The van der Waals surface area contributed by atoms with Crippen molar-refractivity contribution >= 4 is 11.3 Å². The van der Waals surface area contributed by atoms with Gasteiger partial charge >= 0.3 is 0 Å². The van der Waals surface area contributed by atoms with E-state index in [0.717, 1.165) is 22.7 Å². The molecule has 0 saturated heterocycles. The number of likely N-dealkylation sites (N-methyl/N-ethyl adjacent to an activating group) is 1. The zero-order valence-electron chi connectivity index (χ0n) is 10.8. The van der Waals surface area contributed by atoms with Crippen LogP contribution in [0.3, 0.4) is 0 Å². The number of thiazole rings is 1. The molecule has 1 N–H and O–H groups in total. The minimum Gasteiger partial charge on any atom is -0.312 e. The molecule has 4 heteroatoms. The number of hydrogen-bond acceptors (Lipinski definition) is 3. The molecule has 1 unspecified atom stereocenters. The number of halogens is 1. The fourth-order valence-corrected chi connectivity index (χ4v) is 3.13. The van der Waals surface area contributed by atoms with Crippen molar-refractivity contribution in [3.63, 3.8) is 0 Å². The molecule has 0 aliphatic carbocycles. The van der Waals surface area contributed by atoms with Crippen LogP contribution in [0.1, 0.15) is 27.2 Å². The Labute approximate surface area is 111 Å².